The van der Waals surface area contributed by atoms with Crippen molar-refractivity contribution in [3.8, 4) is 5.75 Å². The SMILES string of the molecule is CCN(Cc1ccccc1)S(=O)(=O)c1ccc(C(=O)Oc2ccc3nc(N(C)C)sc3c2)cc1. The summed E-state index contributed by atoms with van der Waals surface area (Å²) in [6.45, 7) is 2.41. The first-order chi connectivity index (χ1) is 16.3. The molecule has 9 heteroatoms. The van der Waals surface area contributed by atoms with Crippen LogP contribution in [0.25, 0.3) is 10.2 Å². The van der Waals surface area contributed by atoms with E-state index in [0.717, 1.165) is 20.9 Å². The van der Waals surface area contributed by atoms with E-state index in [1.165, 1.54) is 39.9 Å². The van der Waals surface area contributed by atoms with Gasteiger partial charge in [-0.1, -0.05) is 48.6 Å². The van der Waals surface area contributed by atoms with E-state index in [2.05, 4.69) is 4.98 Å². The molecule has 0 unspecified atom stereocenters. The van der Waals surface area contributed by atoms with Crippen molar-refractivity contribution >= 4 is 42.7 Å². The largest absolute Gasteiger partial charge is 0.423 e. The van der Waals surface area contributed by atoms with Crippen LogP contribution in [-0.2, 0) is 16.6 Å². The van der Waals surface area contributed by atoms with Gasteiger partial charge in [0.25, 0.3) is 0 Å². The average Bonchev–Trinajstić information content (AvgIpc) is 3.27. The molecule has 0 saturated heterocycles. The molecular formula is C25H25N3O4S2. The molecule has 7 nitrogen and oxygen atoms in total. The maximum Gasteiger partial charge on any atom is 0.343 e. The number of hydrogen-bond acceptors (Lipinski definition) is 7. The lowest BCUT2D eigenvalue weighted by molar-refractivity contribution is 0.0735. The number of ether oxygens (including phenoxy) is 1. The highest BCUT2D eigenvalue weighted by Crippen LogP contribution is 2.30. The summed E-state index contributed by atoms with van der Waals surface area (Å²) in [5.41, 5.74) is 2.01. The Morgan fingerprint density at radius 1 is 1.00 bits per heavy atom. The van der Waals surface area contributed by atoms with Crippen molar-refractivity contribution in [2.75, 3.05) is 25.5 Å². The van der Waals surface area contributed by atoms with E-state index in [1.807, 2.05) is 55.4 Å². The minimum atomic E-state index is -3.71. The molecule has 176 valence electrons. The molecule has 0 bridgehead atoms. The third-order valence-corrected chi connectivity index (χ3v) is 8.34. The standard InChI is InChI=1S/C25H25N3O4S2/c1-4-28(17-18-8-6-5-7-9-18)34(30,31)21-13-10-19(11-14-21)24(29)32-20-12-15-22-23(16-20)33-25(26-22)27(2)3/h5-16H,4,17H2,1-3H3. The van der Waals surface area contributed by atoms with Gasteiger partial charge in [0.2, 0.25) is 10.0 Å². The molecule has 0 aliphatic rings. The number of thiazole rings is 1. The maximum absolute atomic E-state index is 13.1. The monoisotopic (exact) mass is 495 g/mol. The Kier molecular flexibility index (Phi) is 6.97. The second-order valence-electron chi connectivity index (χ2n) is 7.85. The molecule has 0 atom stereocenters. The lowest BCUT2D eigenvalue weighted by Crippen LogP contribution is -2.30. The smallest absolute Gasteiger partial charge is 0.343 e. The van der Waals surface area contributed by atoms with Gasteiger partial charge in [-0.3, -0.25) is 0 Å². The van der Waals surface area contributed by atoms with E-state index in [4.69, 9.17) is 4.74 Å². The van der Waals surface area contributed by atoms with Crippen molar-refractivity contribution in [3.05, 3.63) is 83.9 Å². The fourth-order valence-corrected chi connectivity index (χ4v) is 5.73. The van der Waals surface area contributed by atoms with Gasteiger partial charge in [0.15, 0.2) is 5.13 Å². The average molecular weight is 496 g/mol. The first-order valence-electron chi connectivity index (χ1n) is 10.7. The molecule has 0 fully saturated rings. The van der Waals surface area contributed by atoms with Crippen molar-refractivity contribution in [1.29, 1.82) is 0 Å². The summed E-state index contributed by atoms with van der Waals surface area (Å²) in [4.78, 5) is 19.2. The van der Waals surface area contributed by atoms with Crippen molar-refractivity contribution in [2.24, 2.45) is 0 Å². The predicted octanol–water partition coefficient (Wildman–Crippen LogP) is 4.79. The van der Waals surface area contributed by atoms with Crippen LogP contribution < -0.4 is 9.64 Å². The van der Waals surface area contributed by atoms with E-state index in [-0.39, 0.29) is 17.0 Å². The van der Waals surface area contributed by atoms with E-state index in [1.54, 1.807) is 19.1 Å². The number of hydrogen-bond donors (Lipinski definition) is 0. The van der Waals surface area contributed by atoms with Crippen LogP contribution >= 0.6 is 11.3 Å². The topological polar surface area (TPSA) is 79.8 Å². The number of benzene rings is 3. The van der Waals surface area contributed by atoms with Crippen molar-refractivity contribution in [1.82, 2.24) is 9.29 Å². The fraction of sp³-hybridized carbons (Fsp3) is 0.200. The Morgan fingerprint density at radius 3 is 2.35 bits per heavy atom. The van der Waals surface area contributed by atoms with Crippen LogP contribution in [0.3, 0.4) is 0 Å². The summed E-state index contributed by atoms with van der Waals surface area (Å²) in [5.74, 6) is -0.152. The summed E-state index contributed by atoms with van der Waals surface area (Å²) in [7, 11) is 0.133. The zero-order valence-corrected chi connectivity index (χ0v) is 20.8. The number of carbonyl (C=O) groups is 1. The number of carbonyl (C=O) groups excluding carboxylic acids is 1. The summed E-state index contributed by atoms with van der Waals surface area (Å²) in [6.07, 6.45) is 0. The zero-order chi connectivity index (χ0) is 24.3. The van der Waals surface area contributed by atoms with Crippen LogP contribution in [0.2, 0.25) is 0 Å². The lowest BCUT2D eigenvalue weighted by Gasteiger charge is -2.20. The second-order valence-corrected chi connectivity index (χ2v) is 10.8. The number of esters is 1. The molecule has 0 amide bonds. The molecule has 0 aliphatic carbocycles. The van der Waals surface area contributed by atoms with Gasteiger partial charge >= 0.3 is 5.97 Å². The van der Waals surface area contributed by atoms with Crippen molar-refractivity contribution < 1.29 is 17.9 Å². The highest BCUT2D eigenvalue weighted by molar-refractivity contribution is 7.89. The van der Waals surface area contributed by atoms with Crippen LogP contribution in [0.1, 0.15) is 22.8 Å². The summed E-state index contributed by atoms with van der Waals surface area (Å²) in [5, 5.41) is 0.865. The van der Waals surface area contributed by atoms with Gasteiger partial charge in [-0.25, -0.2) is 18.2 Å². The predicted molar refractivity (Wildman–Crippen MR) is 135 cm³/mol. The molecule has 0 radical (unpaired) electrons. The van der Waals surface area contributed by atoms with E-state index in [9.17, 15) is 13.2 Å². The minimum Gasteiger partial charge on any atom is -0.423 e. The number of fused-ring (bicyclic) bond motifs is 1. The molecule has 0 N–H and O–H groups in total. The second kappa shape index (κ2) is 9.92. The summed E-state index contributed by atoms with van der Waals surface area (Å²) >= 11 is 1.50. The molecular weight excluding hydrogens is 470 g/mol. The highest BCUT2D eigenvalue weighted by atomic mass is 32.2. The van der Waals surface area contributed by atoms with Crippen LogP contribution in [0.15, 0.2) is 77.7 Å². The number of anilines is 1. The summed E-state index contributed by atoms with van der Waals surface area (Å²) in [6, 6.07) is 20.5. The van der Waals surface area contributed by atoms with Gasteiger partial charge in [0, 0.05) is 33.3 Å². The molecule has 0 saturated carbocycles. The number of rotatable bonds is 8. The Bertz CT molecular complexity index is 1400. The van der Waals surface area contributed by atoms with Gasteiger partial charge in [-0.15, -0.1) is 0 Å². The van der Waals surface area contributed by atoms with Gasteiger partial charge < -0.3 is 9.64 Å². The number of sulfonamides is 1. The third-order valence-electron chi connectivity index (χ3n) is 5.22. The van der Waals surface area contributed by atoms with Gasteiger partial charge in [0.1, 0.15) is 5.75 Å². The Hall–Kier alpha value is -3.27. The van der Waals surface area contributed by atoms with Crippen LogP contribution in [0.5, 0.6) is 5.75 Å². The number of aromatic nitrogens is 1. The van der Waals surface area contributed by atoms with Gasteiger partial charge in [-0.05, 0) is 42.0 Å². The molecule has 3 aromatic carbocycles. The number of nitrogens with zero attached hydrogens (tertiary/aromatic N) is 3. The first-order valence-corrected chi connectivity index (χ1v) is 13.0. The summed E-state index contributed by atoms with van der Waals surface area (Å²) < 4.78 is 34.1. The molecule has 1 aromatic heterocycles. The molecule has 0 aliphatic heterocycles. The van der Waals surface area contributed by atoms with E-state index in [0.29, 0.717) is 12.3 Å². The molecule has 4 aromatic rings. The van der Waals surface area contributed by atoms with Crippen molar-refractivity contribution in [2.45, 2.75) is 18.4 Å². The third kappa shape index (κ3) is 5.11. The van der Waals surface area contributed by atoms with Crippen molar-refractivity contribution in [3.63, 3.8) is 0 Å². The molecule has 4 rings (SSSR count). The Morgan fingerprint density at radius 2 is 1.71 bits per heavy atom. The highest BCUT2D eigenvalue weighted by Gasteiger charge is 2.23. The first kappa shape index (κ1) is 23.9. The Labute approximate surface area is 203 Å². The van der Waals surface area contributed by atoms with E-state index >= 15 is 0 Å². The Balaban J connectivity index is 1.49. The normalized spacial score (nSPS) is 11.6. The minimum absolute atomic E-state index is 0.129. The molecule has 34 heavy (non-hydrogen) atoms. The van der Waals surface area contributed by atoms with Crippen LogP contribution in [0.4, 0.5) is 5.13 Å². The molecule has 0 spiro atoms. The zero-order valence-electron chi connectivity index (χ0n) is 19.1. The van der Waals surface area contributed by atoms with Gasteiger partial charge in [-0.2, -0.15) is 4.31 Å². The molecule has 1 heterocycles. The van der Waals surface area contributed by atoms with Crippen LogP contribution in [-0.4, -0.2) is 44.3 Å². The van der Waals surface area contributed by atoms with E-state index < -0.39 is 16.0 Å². The quantitative estimate of drug-likeness (QED) is 0.258. The maximum atomic E-state index is 13.1. The van der Waals surface area contributed by atoms with Crippen LogP contribution in [0, 0.1) is 0 Å². The van der Waals surface area contributed by atoms with Gasteiger partial charge in [0.05, 0.1) is 20.7 Å². The lowest BCUT2D eigenvalue weighted by atomic mass is 10.2. The fourth-order valence-electron chi connectivity index (χ4n) is 3.38.